The van der Waals surface area contributed by atoms with E-state index in [2.05, 4.69) is 46.0 Å². The van der Waals surface area contributed by atoms with Gasteiger partial charge in [-0.05, 0) is 25.3 Å². The number of nitrogens with one attached hydrogen (secondary N) is 2. The molecule has 1 aliphatic carbocycles. The second-order valence-electron chi connectivity index (χ2n) is 5.05. The highest BCUT2D eigenvalue weighted by Crippen LogP contribution is 2.40. The maximum Gasteiger partial charge on any atom is 0.191 e. The molecule has 21 heavy (non-hydrogen) atoms. The van der Waals surface area contributed by atoms with Crippen molar-refractivity contribution >= 4 is 29.9 Å². The van der Waals surface area contributed by atoms with E-state index in [1.54, 1.807) is 0 Å². The number of nitrogens with zero attached hydrogens (tertiary/aromatic N) is 1. The van der Waals surface area contributed by atoms with Gasteiger partial charge in [0.1, 0.15) is 0 Å². The first-order valence-electron chi connectivity index (χ1n) is 7.45. The molecule has 0 bridgehead atoms. The zero-order valence-corrected chi connectivity index (χ0v) is 15.2. The summed E-state index contributed by atoms with van der Waals surface area (Å²) in [6.07, 6.45) is 2.19. The van der Waals surface area contributed by atoms with E-state index in [0.717, 1.165) is 32.1 Å². The van der Waals surface area contributed by atoms with Crippen LogP contribution in [0.25, 0.3) is 0 Å². The Morgan fingerprint density at radius 3 is 2.76 bits per heavy atom. The molecule has 1 fully saturated rings. The lowest BCUT2D eigenvalue weighted by atomic mass is 10.1. The number of aliphatic imine (C=N–C) groups is 1. The van der Waals surface area contributed by atoms with Gasteiger partial charge in [-0.1, -0.05) is 30.3 Å². The van der Waals surface area contributed by atoms with Crippen molar-refractivity contribution in [3.8, 4) is 0 Å². The number of hydrogen-bond acceptors (Lipinski definition) is 2. The average Bonchev–Trinajstić information content (AvgIpc) is 3.26. The Hall–Kier alpha value is -0.820. The van der Waals surface area contributed by atoms with Crippen molar-refractivity contribution in [2.24, 2.45) is 4.99 Å². The standard InChI is InChI=1S/C16H25N3O.HI/c1-3-20-11-7-10-18-16(17-2)19-15-12-14(15)13-8-5-4-6-9-13;/h4-6,8-9,14-15H,3,7,10-12H2,1-2H3,(H2,17,18,19);1H. The van der Waals surface area contributed by atoms with Gasteiger partial charge in [-0.25, -0.2) is 0 Å². The molecular weight excluding hydrogens is 377 g/mol. The van der Waals surface area contributed by atoms with Gasteiger partial charge < -0.3 is 15.4 Å². The van der Waals surface area contributed by atoms with Gasteiger partial charge in [-0.2, -0.15) is 0 Å². The highest BCUT2D eigenvalue weighted by molar-refractivity contribution is 14.0. The summed E-state index contributed by atoms with van der Waals surface area (Å²) in [5.41, 5.74) is 1.41. The fourth-order valence-electron chi connectivity index (χ4n) is 2.32. The van der Waals surface area contributed by atoms with Crippen molar-refractivity contribution < 1.29 is 4.74 Å². The van der Waals surface area contributed by atoms with Crippen LogP contribution in [0.1, 0.15) is 31.2 Å². The molecule has 0 saturated heterocycles. The number of benzene rings is 1. The third kappa shape index (κ3) is 6.22. The minimum Gasteiger partial charge on any atom is -0.382 e. The Morgan fingerprint density at radius 1 is 1.33 bits per heavy atom. The lowest BCUT2D eigenvalue weighted by molar-refractivity contribution is 0.145. The van der Waals surface area contributed by atoms with Crippen LogP contribution in [0.2, 0.25) is 0 Å². The van der Waals surface area contributed by atoms with Crippen molar-refractivity contribution in [2.45, 2.75) is 31.7 Å². The maximum atomic E-state index is 5.32. The Bertz CT molecular complexity index is 425. The summed E-state index contributed by atoms with van der Waals surface area (Å²) in [7, 11) is 1.82. The van der Waals surface area contributed by atoms with Gasteiger partial charge in [0, 0.05) is 38.8 Å². The van der Waals surface area contributed by atoms with Crippen LogP contribution in [0.5, 0.6) is 0 Å². The molecule has 118 valence electrons. The van der Waals surface area contributed by atoms with Crippen LogP contribution in [0.15, 0.2) is 35.3 Å². The third-order valence-corrected chi connectivity index (χ3v) is 3.53. The van der Waals surface area contributed by atoms with Crippen LogP contribution >= 0.6 is 24.0 Å². The molecule has 1 aromatic rings. The summed E-state index contributed by atoms with van der Waals surface area (Å²) in [4.78, 5) is 4.27. The number of ether oxygens (including phenoxy) is 1. The molecule has 4 nitrogen and oxygen atoms in total. The molecule has 1 aliphatic rings. The first-order valence-corrected chi connectivity index (χ1v) is 7.45. The first kappa shape index (κ1) is 18.2. The molecule has 0 aliphatic heterocycles. The van der Waals surface area contributed by atoms with Crippen LogP contribution in [0.3, 0.4) is 0 Å². The van der Waals surface area contributed by atoms with Gasteiger partial charge in [0.05, 0.1) is 0 Å². The predicted octanol–water partition coefficient (Wildman–Crippen LogP) is 2.75. The molecule has 2 N–H and O–H groups in total. The molecule has 0 radical (unpaired) electrons. The van der Waals surface area contributed by atoms with Crippen LogP contribution < -0.4 is 10.6 Å². The topological polar surface area (TPSA) is 45.6 Å². The van der Waals surface area contributed by atoms with E-state index >= 15 is 0 Å². The molecule has 2 unspecified atom stereocenters. The van der Waals surface area contributed by atoms with Crippen molar-refractivity contribution in [1.82, 2.24) is 10.6 Å². The second-order valence-corrected chi connectivity index (χ2v) is 5.05. The van der Waals surface area contributed by atoms with Gasteiger partial charge in [0.15, 0.2) is 5.96 Å². The van der Waals surface area contributed by atoms with Gasteiger partial charge in [-0.3, -0.25) is 4.99 Å². The Kier molecular flexibility index (Phi) is 8.68. The average molecular weight is 403 g/mol. The second kappa shape index (κ2) is 10.00. The van der Waals surface area contributed by atoms with E-state index in [4.69, 9.17) is 4.74 Å². The maximum absolute atomic E-state index is 5.32. The fourth-order valence-corrected chi connectivity index (χ4v) is 2.32. The number of rotatable bonds is 7. The lowest BCUT2D eigenvalue weighted by Crippen LogP contribution is -2.39. The Morgan fingerprint density at radius 2 is 2.10 bits per heavy atom. The molecule has 0 heterocycles. The fraction of sp³-hybridized carbons (Fsp3) is 0.562. The monoisotopic (exact) mass is 403 g/mol. The molecule has 0 aromatic heterocycles. The summed E-state index contributed by atoms with van der Waals surface area (Å²) in [5, 5.41) is 6.81. The molecule has 0 spiro atoms. The van der Waals surface area contributed by atoms with Crippen molar-refractivity contribution in [3.05, 3.63) is 35.9 Å². The van der Waals surface area contributed by atoms with Crippen LogP contribution in [-0.2, 0) is 4.74 Å². The Labute approximate surface area is 144 Å². The van der Waals surface area contributed by atoms with Gasteiger partial charge >= 0.3 is 0 Å². The lowest BCUT2D eigenvalue weighted by Gasteiger charge is -2.11. The summed E-state index contributed by atoms with van der Waals surface area (Å²) in [6, 6.07) is 11.2. The third-order valence-electron chi connectivity index (χ3n) is 3.53. The molecule has 1 aromatic carbocycles. The first-order chi connectivity index (χ1) is 9.85. The highest BCUT2D eigenvalue weighted by atomic mass is 127. The molecule has 0 amide bonds. The number of guanidine groups is 1. The van der Waals surface area contributed by atoms with Crippen LogP contribution in [0, 0.1) is 0 Å². The van der Waals surface area contributed by atoms with Crippen molar-refractivity contribution in [3.63, 3.8) is 0 Å². The molecule has 2 rings (SSSR count). The van der Waals surface area contributed by atoms with Crippen LogP contribution in [0.4, 0.5) is 0 Å². The van der Waals surface area contributed by atoms with E-state index in [0.29, 0.717) is 12.0 Å². The minimum absolute atomic E-state index is 0. The zero-order chi connectivity index (χ0) is 14.2. The molecule has 5 heteroatoms. The summed E-state index contributed by atoms with van der Waals surface area (Å²) in [6.45, 7) is 4.50. The quantitative estimate of drug-likeness (QED) is 0.319. The minimum atomic E-state index is 0. The zero-order valence-electron chi connectivity index (χ0n) is 12.8. The largest absolute Gasteiger partial charge is 0.382 e. The molecule has 1 saturated carbocycles. The SMILES string of the molecule is CCOCCCNC(=NC)NC1CC1c1ccccc1.I. The van der Waals surface area contributed by atoms with Gasteiger partial charge in [0.25, 0.3) is 0 Å². The van der Waals surface area contributed by atoms with Crippen molar-refractivity contribution in [1.29, 1.82) is 0 Å². The van der Waals surface area contributed by atoms with E-state index in [1.165, 1.54) is 12.0 Å². The van der Waals surface area contributed by atoms with Crippen molar-refractivity contribution in [2.75, 3.05) is 26.8 Å². The van der Waals surface area contributed by atoms with Gasteiger partial charge in [-0.15, -0.1) is 24.0 Å². The van der Waals surface area contributed by atoms with E-state index < -0.39 is 0 Å². The predicted molar refractivity (Wildman–Crippen MR) is 98.6 cm³/mol. The molecular formula is C16H26IN3O. The molecule has 2 atom stereocenters. The normalized spacial score (nSPS) is 20.6. The van der Waals surface area contributed by atoms with E-state index in [1.807, 2.05) is 14.0 Å². The van der Waals surface area contributed by atoms with Crippen LogP contribution in [-0.4, -0.2) is 38.8 Å². The summed E-state index contributed by atoms with van der Waals surface area (Å²) in [5.74, 6) is 1.52. The van der Waals surface area contributed by atoms with E-state index in [9.17, 15) is 0 Å². The number of halogens is 1. The smallest absolute Gasteiger partial charge is 0.191 e. The van der Waals surface area contributed by atoms with E-state index in [-0.39, 0.29) is 24.0 Å². The summed E-state index contributed by atoms with van der Waals surface area (Å²) >= 11 is 0. The Balaban J connectivity index is 0.00000220. The summed E-state index contributed by atoms with van der Waals surface area (Å²) < 4.78 is 5.32. The van der Waals surface area contributed by atoms with Gasteiger partial charge in [0.2, 0.25) is 0 Å². The highest BCUT2D eigenvalue weighted by Gasteiger charge is 2.38. The number of hydrogen-bond donors (Lipinski definition) is 2.